The standard InChI is InChI=1S/C16H25N5O2/c1-11-10-20(16(22)23)7-8-21(11)14-9-13(18-15(17)19-14)12-5-3-2-4-6-12/h9,11-12H,2-8,10H2,1H3,(H,22,23)(H2,17,18,19)/t11-/m0/s1. The van der Waals surface area contributed by atoms with Crippen LogP contribution in [0, 0.1) is 0 Å². The highest BCUT2D eigenvalue weighted by molar-refractivity contribution is 5.65. The Bertz CT molecular complexity index is 574. The number of carbonyl (C=O) groups is 1. The monoisotopic (exact) mass is 319 g/mol. The van der Waals surface area contributed by atoms with E-state index in [0.717, 1.165) is 24.4 Å². The fourth-order valence-electron chi connectivity index (χ4n) is 3.70. The van der Waals surface area contributed by atoms with Gasteiger partial charge < -0.3 is 20.6 Å². The van der Waals surface area contributed by atoms with Gasteiger partial charge >= 0.3 is 6.09 Å². The third-order valence-corrected chi connectivity index (χ3v) is 4.97. The molecule has 0 radical (unpaired) electrons. The number of rotatable bonds is 2. The fraction of sp³-hybridized carbons (Fsp3) is 0.688. The Morgan fingerprint density at radius 1 is 1.26 bits per heavy atom. The molecule has 1 aromatic heterocycles. The van der Waals surface area contributed by atoms with E-state index in [-0.39, 0.29) is 6.04 Å². The van der Waals surface area contributed by atoms with Gasteiger partial charge in [-0.15, -0.1) is 0 Å². The van der Waals surface area contributed by atoms with Gasteiger partial charge in [-0.05, 0) is 19.8 Å². The Balaban J connectivity index is 1.79. The van der Waals surface area contributed by atoms with Gasteiger partial charge in [-0.2, -0.15) is 4.98 Å². The zero-order valence-electron chi connectivity index (χ0n) is 13.6. The van der Waals surface area contributed by atoms with Gasteiger partial charge in [0.1, 0.15) is 5.82 Å². The zero-order valence-corrected chi connectivity index (χ0v) is 13.6. The summed E-state index contributed by atoms with van der Waals surface area (Å²) in [4.78, 5) is 23.6. The largest absolute Gasteiger partial charge is 0.465 e. The van der Waals surface area contributed by atoms with Crippen molar-refractivity contribution in [2.45, 2.75) is 51.0 Å². The first-order chi connectivity index (χ1) is 11.0. The SMILES string of the molecule is C[C@H]1CN(C(=O)O)CCN1c1cc(C2CCCCC2)nc(N)n1. The zero-order chi connectivity index (χ0) is 16.4. The quantitative estimate of drug-likeness (QED) is 0.868. The number of amides is 1. The summed E-state index contributed by atoms with van der Waals surface area (Å²) in [5, 5.41) is 9.13. The minimum atomic E-state index is -0.860. The highest BCUT2D eigenvalue weighted by atomic mass is 16.4. The lowest BCUT2D eigenvalue weighted by atomic mass is 9.87. The molecule has 1 aliphatic heterocycles. The third kappa shape index (κ3) is 3.48. The van der Waals surface area contributed by atoms with Gasteiger partial charge in [0.05, 0.1) is 5.69 Å². The molecule has 2 aliphatic rings. The van der Waals surface area contributed by atoms with Crippen molar-refractivity contribution in [3.8, 4) is 0 Å². The second kappa shape index (κ2) is 6.60. The minimum absolute atomic E-state index is 0.0772. The first kappa shape index (κ1) is 15.8. The van der Waals surface area contributed by atoms with Gasteiger partial charge in [-0.3, -0.25) is 0 Å². The molecule has 0 unspecified atom stereocenters. The second-order valence-electron chi connectivity index (χ2n) is 6.62. The molecule has 23 heavy (non-hydrogen) atoms. The van der Waals surface area contributed by atoms with Crippen LogP contribution >= 0.6 is 0 Å². The summed E-state index contributed by atoms with van der Waals surface area (Å²) in [5.74, 6) is 1.62. The van der Waals surface area contributed by atoms with Crippen LogP contribution in [0.1, 0.15) is 50.6 Å². The predicted octanol–water partition coefficient (Wildman–Crippen LogP) is 2.29. The molecule has 1 saturated carbocycles. The van der Waals surface area contributed by atoms with Crippen LogP contribution in [0.3, 0.4) is 0 Å². The average molecular weight is 319 g/mol. The lowest BCUT2D eigenvalue weighted by Gasteiger charge is -2.39. The summed E-state index contributed by atoms with van der Waals surface area (Å²) < 4.78 is 0. The van der Waals surface area contributed by atoms with E-state index in [2.05, 4.69) is 20.9 Å². The Hall–Kier alpha value is -2.05. The fourth-order valence-corrected chi connectivity index (χ4v) is 3.70. The van der Waals surface area contributed by atoms with Gasteiger partial charge in [0.2, 0.25) is 5.95 Å². The number of nitrogens with zero attached hydrogens (tertiary/aromatic N) is 4. The van der Waals surface area contributed by atoms with Crippen LogP contribution in [0.5, 0.6) is 0 Å². The van der Waals surface area contributed by atoms with Gasteiger partial charge in [0.25, 0.3) is 0 Å². The van der Waals surface area contributed by atoms with Crippen LogP contribution in [0.4, 0.5) is 16.6 Å². The van der Waals surface area contributed by atoms with Gasteiger partial charge in [0.15, 0.2) is 0 Å². The van der Waals surface area contributed by atoms with Crippen molar-refractivity contribution in [2.24, 2.45) is 0 Å². The Morgan fingerprint density at radius 3 is 2.65 bits per heavy atom. The molecule has 0 bridgehead atoms. The van der Waals surface area contributed by atoms with E-state index in [0.29, 0.717) is 31.5 Å². The summed E-state index contributed by atoms with van der Waals surface area (Å²) >= 11 is 0. The van der Waals surface area contributed by atoms with Crippen molar-refractivity contribution in [2.75, 3.05) is 30.3 Å². The highest BCUT2D eigenvalue weighted by Crippen LogP contribution is 2.33. The van der Waals surface area contributed by atoms with Crippen LogP contribution in [0.2, 0.25) is 0 Å². The molecular formula is C16H25N5O2. The topological polar surface area (TPSA) is 95.6 Å². The first-order valence-corrected chi connectivity index (χ1v) is 8.43. The Kier molecular flexibility index (Phi) is 4.54. The van der Waals surface area contributed by atoms with Crippen LogP contribution in [-0.4, -0.2) is 51.7 Å². The van der Waals surface area contributed by atoms with Crippen molar-refractivity contribution >= 4 is 17.9 Å². The molecule has 0 spiro atoms. The van der Waals surface area contributed by atoms with Gasteiger partial charge in [-0.1, -0.05) is 19.3 Å². The third-order valence-electron chi connectivity index (χ3n) is 4.97. The number of piperazine rings is 1. The van der Waals surface area contributed by atoms with E-state index in [1.165, 1.54) is 24.2 Å². The highest BCUT2D eigenvalue weighted by Gasteiger charge is 2.28. The summed E-state index contributed by atoms with van der Waals surface area (Å²) in [6, 6.07) is 2.13. The van der Waals surface area contributed by atoms with E-state index in [1.807, 2.05) is 6.92 Å². The smallest absolute Gasteiger partial charge is 0.407 e. The molecule has 126 valence electrons. The average Bonchev–Trinajstić information content (AvgIpc) is 2.55. The molecule has 1 amide bonds. The van der Waals surface area contributed by atoms with Crippen LogP contribution in [-0.2, 0) is 0 Å². The van der Waals surface area contributed by atoms with E-state index in [1.54, 1.807) is 0 Å². The number of carboxylic acid groups (broad SMARTS) is 1. The normalized spacial score (nSPS) is 23.1. The maximum Gasteiger partial charge on any atom is 0.407 e. The minimum Gasteiger partial charge on any atom is -0.465 e. The Labute approximate surface area is 136 Å². The molecule has 1 atom stereocenters. The van der Waals surface area contributed by atoms with Gasteiger partial charge in [-0.25, -0.2) is 9.78 Å². The van der Waals surface area contributed by atoms with Crippen LogP contribution in [0.15, 0.2) is 6.07 Å². The van der Waals surface area contributed by atoms with Crippen LogP contribution in [0.25, 0.3) is 0 Å². The summed E-state index contributed by atoms with van der Waals surface area (Å²) in [5.41, 5.74) is 6.98. The molecule has 1 aromatic rings. The molecule has 0 aromatic carbocycles. The van der Waals surface area contributed by atoms with E-state index in [9.17, 15) is 4.79 Å². The summed E-state index contributed by atoms with van der Waals surface area (Å²) in [6.45, 7) is 3.63. The molecule has 7 heteroatoms. The van der Waals surface area contributed by atoms with Gasteiger partial charge in [0, 0.05) is 37.7 Å². The van der Waals surface area contributed by atoms with Crippen molar-refractivity contribution in [1.82, 2.24) is 14.9 Å². The molecule has 3 rings (SSSR count). The van der Waals surface area contributed by atoms with E-state index >= 15 is 0 Å². The molecular weight excluding hydrogens is 294 g/mol. The molecule has 2 heterocycles. The van der Waals surface area contributed by atoms with E-state index < -0.39 is 6.09 Å². The lowest BCUT2D eigenvalue weighted by molar-refractivity contribution is 0.136. The summed E-state index contributed by atoms with van der Waals surface area (Å²) in [6.07, 6.45) is 5.27. The number of aromatic nitrogens is 2. The maximum atomic E-state index is 11.1. The Morgan fingerprint density at radius 2 is 2.00 bits per heavy atom. The predicted molar refractivity (Wildman–Crippen MR) is 88.7 cm³/mol. The molecule has 7 nitrogen and oxygen atoms in total. The lowest BCUT2D eigenvalue weighted by Crippen LogP contribution is -2.53. The van der Waals surface area contributed by atoms with Crippen molar-refractivity contribution in [3.63, 3.8) is 0 Å². The first-order valence-electron chi connectivity index (χ1n) is 8.43. The number of hydrogen-bond donors (Lipinski definition) is 2. The number of nitrogens with two attached hydrogens (primary N) is 1. The second-order valence-corrected chi connectivity index (χ2v) is 6.62. The summed E-state index contributed by atoms with van der Waals surface area (Å²) in [7, 11) is 0. The van der Waals surface area contributed by atoms with E-state index in [4.69, 9.17) is 10.8 Å². The number of anilines is 2. The van der Waals surface area contributed by atoms with Crippen molar-refractivity contribution < 1.29 is 9.90 Å². The van der Waals surface area contributed by atoms with Crippen molar-refractivity contribution in [1.29, 1.82) is 0 Å². The molecule has 2 fully saturated rings. The number of hydrogen-bond acceptors (Lipinski definition) is 5. The molecule has 1 saturated heterocycles. The van der Waals surface area contributed by atoms with Crippen LogP contribution < -0.4 is 10.6 Å². The van der Waals surface area contributed by atoms with Crippen molar-refractivity contribution in [3.05, 3.63) is 11.8 Å². The maximum absolute atomic E-state index is 11.1. The molecule has 1 aliphatic carbocycles. The number of nitrogen functional groups attached to an aromatic ring is 1. The molecule has 3 N–H and O–H groups in total.